The fourth-order valence-corrected chi connectivity index (χ4v) is 1.07. The molecule has 0 heterocycles. The van der Waals surface area contributed by atoms with Crippen LogP contribution in [0.25, 0.3) is 0 Å². The standard InChI is InChI=1S/C9H12FN/c1-3-7-4-5-8(10)6(2)9(7)11/h4-5H,3,11H2,1-2H3. The van der Waals surface area contributed by atoms with E-state index in [1.54, 1.807) is 13.0 Å². The fourth-order valence-electron chi connectivity index (χ4n) is 1.07. The number of hydrogen-bond donors (Lipinski definition) is 1. The van der Waals surface area contributed by atoms with Gasteiger partial charge >= 0.3 is 0 Å². The van der Waals surface area contributed by atoms with Crippen molar-refractivity contribution in [3.8, 4) is 0 Å². The summed E-state index contributed by atoms with van der Waals surface area (Å²) in [5.74, 6) is -0.222. The lowest BCUT2D eigenvalue weighted by Gasteiger charge is -2.06. The van der Waals surface area contributed by atoms with E-state index in [1.165, 1.54) is 6.07 Å². The quantitative estimate of drug-likeness (QED) is 0.615. The van der Waals surface area contributed by atoms with Gasteiger partial charge in [0.05, 0.1) is 0 Å². The van der Waals surface area contributed by atoms with Gasteiger partial charge < -0.3 is 5.73 Å². The lowest BCUT2D eigenvalue weighted by atomic mass is 10.1. The average molecular weight is 153 g/mol. The average Bonchev–Trinajstić information content (AvgIpc) is 2.01. The summed E-state index contributed by atoms with van der Waals surface area (Å²) in [4.78, 5) is 0. The Balaban J connectivity index is 3.25. The summed E-state index contributed by atoms with van der Waals surface area (Å²) in [7, 11) is 0. The van der Waals surface area contributed by atoms with E-state index in [1.807, 2.05) is 6.92 Å². The summed E-state index contributed by atoms with van der Waals surface area (Å²) in [6, 6.07) is 3.20. The molecule has 1 aromatic carbocycles. The largest absolute Gasteiger partial charge is 0.398 e. The summed E-state index contributed by atoms with van der Waals surface area (Å²) >= 11 is 0. The first-order valence-corrected chi connectivity index (χ1v) is 3.70. The SMILES string of the molecule is CCc1ccc(F)c(C)c1N. The molecular formula is C9H12FN. The molecule has 0 aliphatic carbocycles. The minimum absolute atomic E-state index is 0.222. The van der Waals surface area contributed by atoms with Crippen molar-refractivity contribution in [2.75, 3.05) is 5.73 Å². The van der Waals surface area contributed by atoms with Gasteiger partial charge in [-0.2, -0.15) is 0 Å². The van der Waals surface area contributed by atoms with Gasteiger partial charge in [0.15, 0.2) is 0 Å². The normalized spacial score (nSPS) is 10.1. The van der Waals surface area contributed by atoms with Crippen molar-refractivity contribution in [2.24, 2.45) is 0 Å². The molecular weight excluding hydrogens is 141 g/mol. The van der Waals surface area contributed by atoms with Crippen LogP contribution in [0.15, 0.2) is 12.1 Å². The highest BCUT2D eigenvalue weighted by Crippen LogP contribution is 2.19. The third-order valence-electron chi connectivity index (χ3n) is 1.92. The van der Waals surface area contributed by atoms with Crippen LogP contribution in [0.4, 0.5) is 10.1 Å². The molecule has 0 bridgehead atoms. The molecule has 0 unspecified atom stereocenters. The zero-order valence-electron chi connectivity index (χ0n) is 6.82. The summed E-state index contributed by atoms with van der Waals surface area (Å²) in [6.07, 6.45) is 0.854. The smallest absolute Gasteiger partial charge is 0.128 e. The lowest BCUT2D eigenvalue weighted by molar-refractivity contribution is 0.618. The number of hydrogen-bond acceptors (Lipinski definition) is 1. The Hall–Kier alpha value is -1.05. The van der Waals surface area contributed by atoms with Crippen molar-refractivity contribution in [1.82, 2.24) is 0 Å². The molecule has 0 spiro atoms. The molecule has 60 valence electrons. The van der Waals surface area contributed by atoms with Crippen molar-refractivity contribution in [2.45, 2.75) is 20.3 Å². The molecule has 0 aliphatic rings. The minimum atomic E-state index is -0.222. The molecule has 0 fully saturated rings. The Kier molecular flexibility index (Phi) is 2.13. The Morgan fingerprint density at radius 2 is 2.09 bits per heavy atom. The molecule has 0 amide bonds. The van der Waals surface area contributed by atoms with Gasteiger partial charge in [0.2, 0.25) is 0 Å². The van der Waals surface area contributed by atoms with Crippen LogP contribution in [0.2, 0.25) is 0 Å². The van der Waals surface area contributed by atoms with E-state index in [-0.39, 0.29) is 5.82 Å². The van der Waals surface area contributed by atoms with Crippen LogP contribution in [0.5, 0.6) is 0 Å². The molecule has 1 aromatic rings. The van der Waals surface area contributed by atoms with Crippen LogP contribution in [-0.2, 0) is 6.42 Å². The van der Waals surface area contributed by atoms with E-state index < -0.39 is 0 Å². The monoisotopic (exact) mass is 153 g/mol. The van der Waals surface area contributed by atoms with Crippen molar-refractivity contribution < 1.29 is 4.39 Å². The van der Waals surface area contributed by atoms with Gasteiger partial charge in [0.25, 0.3) is 0 Å². The van der Waals surface area contributed by atoms with Crippen LogP contribution >= 0.6 is 0 Å². The second-order valence-electron chi connectivity index (χ2n) is 2.60. The Labute approximate surface area is 66.0 Å². The Morgan fingerprint density at radius 3 is 2.64 bits per heavy atom. The van der Waals surface area contributed by atoms with Crippen LogP contribution in [-0.4, -0.2) is 0 Å². The third kappa shape index (κ3) is 1.34. The lowest BCUT2D eigenvalue weighted by Crippen LogP contribution is -1.98. The van der Waals surface area contributed by atoms with E-state index in [0.29, 0.717) is 11.3 Å². The summed E-state index contributed by atoms with van der Waals surface area (Å²) in [5, 5.41) is 0. The molecule has 0 saturated carbocycles. The van der Waals surface area contributed by atoms with Gasteiger partial charge in [0.1, 0.15) is 5.82 Å². The Bertz CT molecular complexity index is 269. The van der Waals surface area contributed by atoms with Crippen LogP contribution < -0.4 is 5.73 Å². The summed E-state index contributed by atoms with van der Waals surface area (Å²) < 4.78 is 12.8. The second kappa shape index (κ2) is 2.91. The molecule has 2 N–H and O–H groups in total. The molecule has 0 saturated heterocycles. The zero-order chi connectivity index (χ0) is 8.43. The van der Waals surface area contributed by atoms with Gasteiger partial charge in [-0.1, -0.05) is 13.0 Å². The second-order valence-corrected chi connectivity index (χ2v) is 2.60. The predicted octanol–water partition coefficient (Wildman–Crippen LogP) is 2.28. The number of aryl methyl sites for hydroxylation is 1. The number of nitrogen functional groups attached to an aromatic ring is 1. The summed E-state index contributed by atoms with van der Waals surface area (Å²) in [5.41, 5.74) is 7.82. The van der Waals surface area contributed by atoms with Gasteiger partial charge in [-0.25, -0.2) is 4.39 Å². The highest BCUT2D eigenvalue weighted by atomic mass is 19.1. The highest BCUT2D eigenvalue weighted by molar-refractivity contribution is 5.53. The molecule has 0 aromatic heterocycles. The third-order valence-corrected chi connectivity index (χ3v) is 1.92. The molecule has 0 aliphatic heterocycles. The summed E-state index contributed by atoms with van der Waals surface area (Å²) in [6.45, 7) is 3.70. The highest BCUT2D eigenvalue weighted by Gasteiger charge is 2.03. The van der Waals surface area contributed by atoms with E-state index in [4.69, 9.17) is 5.73 Å². The van der Waals surface area contributed by atoms with E-state index in [0.717, 1.165) is 12.0 Å². The maximum Gasteiger partial charge on any atom is 0.128 e. The van der Waals surface area contributed by atoms with Crippen molar-refractivity contribution in [3.63, 3.8) is 0 Å². The van der Waals surface area contributed by atoms with Crippen LogP contribution in [0.1, 0.15) is 18.1 Å². The number of halogens is 1. The van der Waals surface area contributed by atoms with Crippen LogP contribution in [0, 0.1) is 12.7 Å². The minimum Gasteiger partial charge on any atom is -0.398 e. The van der Waals surface area contributed by atoms with E-state index in [2.05, 4.69) is 0 Å². The molecule has 11 heavy (non-hydrogen) atoms. The number of nitrogens with two attached hydrogens (primary N) is 1. The Morgan fingerprint density at radius 1 is 1.45 bits per heavy atom. The van der Waals surface area contributed by atoms with E-state index >= 15 is 0 Å². The number of rotatable bonds is 1. The van der Waals surface area contributed by atoms with E-state index in [9.17, 15) is 4.39 Å². The van der Waals surface area contributed by atoms with Crippen molar-refractivity contribution >= 4 is 5.69 Å². The first-order chi connectivity index (χ1) is 5.16. The molecule has 1 rings (SSSR count). The first kappa shape index (κ1) is 8.05. The van der Waals surface area contributed by atoms with Crippen LogP contribution in [0.3, 0.4) is 0 Å². The predicted molar refractivity (Wildman–Crippen MR) is 44.9 cm³/mol. The first-order valence-electron chi connectivity index (χ1n) is 3.70. The zero-order valence-corrected chi connectivity index (χ0v) is 6.82. The molecule has 2 heteroatoms. The van der Waals surface area contributed by atoms with Gasteiger partial charge in [-0.05, 0) is 25.0 Å². The van der Waals surface area contributed by atoms with Gasteiger partial charge in [-0.15, -0.1) is 0 Å². The van der Waals surface area contributed by atoms with Crippen molar-refractivity contribution in [3.05, 3.63) is 29.1 Å². The number of benzene rings is 1. The molecule has 0 radical (unpaired) electrons. The number of anilines is 1. The van der Waals surface area contributed by atoms with Gasteiger partial charge in [-0.3, -0.25) is 0 Å². The maximum absolute atomic E-state index is 12.8. The topological polar surface area (TPSA) is 26.0 Å². The van der Waals surface area contributed by atoms with Crippen molar-refractivity contribution in [1.29, 1.82) is 0 Å². The maximum atomic E-state index is 12.8. The molecule has 1 nitrogen and oxygen atoms in total. The fraction of sp³-hybridized carbons (Fsp3) is 0.333. The van der Waals surface area contributed by atoms with Gasteiger partial charge in [0, 0.05) is 11.3 Å². The molecule has 0 atom stereocenters.